The molecule has 38 heavy (non-hydrogen) atoms. The number of Topliss-reactive ketones (excluding diaryl/α,β-unsaturated/α-hetero) is 2. The minimum Gasteiger partial charge on any atom is -0.363 e. The maximum atomic E-state index is 13.7. The zero-order chi connectivity index (χ0) is 28.9. The van der Waals surface area contributed by atoms with E-state index in [0.717, 1.165) is 12.8 Å². The van der Waals surface area contributed by atoms with E-state index in [1.807, 2.05) is 13.8 Å². The lowest BCUT2D eigenvalue weighted by atomic mass is 9.85. The molecule has 1 aliphatic carbocycles. The zero-order valence-electron chi connectivity index (χ0n) is 23.8. The van der Waals surface area contributed by atoms with Crippen LogP contribution in [0.2, 0.25) is 0 Å². The highest BCUT2D eigenvalue weighted by Gasteiger charge is 2.43. The number of carbonyl (C=O) groups is 6. The van der Waals surface area contributed by atoms with Crippen molar-refractivity contribution in [3.8, 4) is 0 Å². The number of primary amides is 1. The first-order chi connectivity index (χ1) is 17.5. The Balaban J connectivity index is 2.17. The van der Waals surface area contributed by atoms with Crippen LogP contribution in [0.3, 0.4) is 0 Å². The first-order valence-electron chi connectivity index (χ1n) is 13.6. The van der Waals surface area contributed by atoms with Crippen molar-refractivity contribution in [1.82, 2.24) is 20.9 Å². The molecule has 0 spiro atoms. The van der Waals surface area contributed by atoms with Gasteiger partial charge in [0.15, 0.2) is 5.78 Å². The van der Waals surface area contributed by atoms with E-state index in [2.05, 4.69) is 16.0 Å². The third-order valence-corrected chi connectivity index (χ3v) is 7.20. The smallest absolute Gasteiger partial charge is 0.316 e. The number of amides is 5. The predicted molar refractivity (Wildman–Crippen MR) is 142 cm³/mol. The number of urea groups is 1. The number of ketones is 2. The molecule has 5 amide bonds. The van der Waals surface area contributed by atoms with Crippen LogP contribution in [0.15, 0.2) is 0 Å². The standard InChI is InChI=1S/C27H45N5O6/c1-14(2)19(20(33)15(3)4)30-26(38)31-22(27(5,6)7)25(37)32-12-8-9-18(32)24(36)29-17(13-16-10-11-16)21(34)23(28)35/h14-19,22H,8-13H2,1-7H3,(H2,28,35)(H,29,36)(H2,30,31,38). The lowest BCUT2D eigenvalue weighted by Crippen LogP contribution is -2.61. The van der Waals surface area contributed by atoms with Crippen molar-refractivity contribution in [3.63, 3.8) is 0 Å². The first kappa shape index (κ1) is 31.2. The summed E-state index contributed by atoms with van der Waals surface area (Å²) < 4.78 is 0. The Bertz CT molecular complexity index is 937. The third kappa shape index (κ3) is 8.26. The van der Waals surface area contributed by atoms with Gasteiger partial charge in [0.05, 0.1) is 12.1 Å². The molecule has 0 aromatic carbocycles. The van der Waals surface area contributed by atoms with Crippen LogP contribution < -0.4 is 21.7 Å². The molecule has 1 aliphatic heterocycles. The molecule has 0 aromatic rings. The molecule has 2 fully saturated rings. The number of nitrogens with zero attached hydrogens (tertiary/aromatic N) is 1. The minimum absolute atomic E-state index is 0.101. The lowest BCUT2D eigenvalue weighted by Gasteiger charge is -2.36. The Hall–Kier alpha value is -2.98. The summed E-state index contributed by atoms with van der Waals surface area (Å²) in [4.78, 5) is 77.7. The Kier molecular flexibility index (Phi) is 10.4. The van der Waals surface area contributed by atoms with Crippen LogP contribution in [0.25, 0.3) is 0 Å². The van der Waals surface area contributed by atoms with E-state index in [4.69, 9.17) is 5.73 Å². The summed E-state index contributed by atoms with van der Waals surface area (Å²) >= 11 is 0. The summed E-state index contributed by atoms with van der Waals surface area (Å²) in [5, 5.41) is 8.12. The zero-order valence-corrected chi connectivity index (χ0v) is 23.8. The van der Waals surface area contributed by atoms with Gasteiger partial charge in [-0.15, -0.1) is 0 Å². The summed E-state index contributed by atoms with van der Waals surface area (Å²) in [6.07, 6.45) is 3.15. The van der Waals surface area contributed by atoms with Gasteiger partial charge >= 0.3 is 6.03 Å². The van der Waals surface area contributed by atoms with Crippen molar-refractivity contribution in [3.05, 3.63) is 0 Å². The Labute approximate surface area is 225 Å². The largest absolute Gasteiger partial charge is 0.363 e. The highest BCUT2D eigenvalue weighted by atomic mass is 16.2. The molecule has 0 radical (unpaired) electrons. The number of hydrogen-bond acceptors (Lipinski definition) is 6. The lowest BCUT2D eigenvalue weighted by molar-refractivity contribution is -0.143. The molecular formula is C27H45N5O6. The van der Waals surface area contributed by atoms with Crippen molar-refractivity contribution in [1.29, 1.82) is 0 Å². The molecule has 4 atom stereocenters. The third-order valence-electron chi connectivity index (χ3n) is 7.20. The monoisotopic (exact) mass is 535 g/mol. The van der Waals surface area contributed by atoms with Gasteiger partial charge in [-0.05, 0) is 36.5 Å². The fraction of sp³-hybridized carbons (Fsp3) is 0.778. The topological polar surface area (TPSA) is 168 Å². The maximum Gasteiger partial charge on any atom is 0.316 e. The molecular weight excluding hydrogens is 490 g/mol. The van der Waals surface area contributed by atoms with Crippen molar-refractivity contribution in [2.24, 2.45) is 28.9 Å². The van der Waals surface area contributed by atoms with Gasteiger partial charge in [0.1, 0.15) is 12.1 Å². The number of carbonyl (C=O) groups excluding carboxylic acids is 6. The summed E-state index contributed by atoms with van der Waals surface area (Å²) in [7, 11) is 0. The number of nitrogens with two attached hydrogens (primary N) is 1. The molecule has 0 bridgehead atoms. The van der Waals surface area contributed by atoms with Crippen LogP contribution in [0.1, 0.15) is 80.6 Å². The second-order valence-electron chi connectivity index (χ2n) is 12.4. The summed E-state index contributed by atoms with van der Waals surface area (Å²) in [5.41, 5.74) is 4.48. The van der Waals surface area contributed by atoms with Crippen LogP contribution in [0.4, 0.5) is 4.79 Å². The van der Waals surface area contributed by atoms with Crippen LogP contribution in [-0.4, -0.2) is 70.9 Å². The van der Waals surface area contributed by atoms with Gasteiger partial charge < -0.3 is 26.6 Å². The molecule has 214 valence electrons. The van der Waals surface area contributed by atoms with E-state index in [9.17, 15) is 28.8 Å². The van der Waals surface area contributed by atoms with E-state index in [-0.39, 0.29) is 23.5 Å². The molecule has 1 heterocycles. The average Bonchev–Trinajstić information content (AvgIpc) is 3.49. The van der Waals surface area contributed by atoms with Crippen molar-refractivity contribution < 1.29 is 28.8 Å². The maximum absolute atomic E-state index is 13.7. The SMILES string of the molecule is CC(C)C(=O)C(NC(=O)NC(C(=O)N1CCCC1C(=O)NC(CC1CC1)C(=O)C(N)=O)C(C)(C)C)C(C)C. The van der Waals surface area contributed by atoms with Crippen LogP contribution >= 0.6 is 0 Å². The highest BCUT2D eigenvalue weighted by Crippen LogP contribution is 2.34. The van der Waals surface area contributed by atoms with Crippen LogP contribution in [0, 0.1) is 23.2 Å². The minimum atomic E-state index is -1.10. The van der Waals surface area contributed by atoms with Crippen LogP contribution in [-0.2, 0) is 24.0 Å². The predicted octanol–water partition coefficient (Wildman–Crippen LogP) is 1.28. The summed E-state index contributed by atoms with van der Waals surface area (Å²) in [6, 6.07) is -4.18. The normalized spacial score (nSPS) is 20.0. The van der Waals surface area contributed by atoms with Crippen molar-refractivity contribution in [2.45, 2.75) is 105 Å². The van der Waals surface area contributed by atoms with Gasteiger partial charge in [0.25, 0.3) is 5.91 Å². The molecule has 1 saturated heterocycles. The highest BCUT2D eigenvalue weighted by molar-refractivity contribution is 6.37. The summed E-state index contributed by atoms with van der Waals surface area (Å²) in [6.45, 7) is 12.9. The van der Waals surface area contributed by atoms with Crippen LogP contribution in [0.5, 0.6) is 0 Å². The second kappa shape index (κ2) is 12.7. The van der Waals surface area contributed by atoms with Gasteiger partial charge in [-0.1, -0.05) is 61.3 Å². The van der Waals surface area contributed by atoms with E-state index >= 15 is 0 Å². The van der Waals surface area contributed by atoms with Crippen molar-refractivity contribution >= 4 is 35.3 Å². The van der Waals surface area contributed by atoms with E-state index in [1.54, 1.807) is 34.6 Å². The number of likely N-dealkylation sites (tertiary alicyclic amines) is 1. The quantitative estimate of drug-likeness (QED) is 0.275. The van der Waals surface area contributed by atoms with Gasteiger partial charge in [-0.2, -0.15) is 0 Å². The van der Waals surface area contributed by atoms with Gasteiger partial charge in [-0.25, -0.2) is 4.79 Å². The Morgan fingerprint density at radius 3 is 2.00 bits per heavy atom. The van der Waals surface area contributed by atoms with E-state index in [1.165, 1.54) is 4.90 Å². The summed E-state index contributed by atoms with van der Waals surface area (Å²) in [5.74, 6) is -3.14. The average molecular weight is 536 g/mol. The molecule has 1 saturated carbocycles. The molecule has 2 rings (SSSR count). The second-order valence-corrected chi connectivity index (χ2v) is 12.4. The Morgan fingerprint density at radius 1 is 0.921 bits per heavy atom. The number of rotatable bonds is 12. The first-order valence-corrected chi connectivity index (χ1v) is 13.6. The molecule has 0 aromatic heterocycles. The number of hydrogen-bond donors (Lipinski definition) is 4. The molecule has 11 heteroatoms. The fourth-order valence-corrected chi connectivity index (χ4v) is 4.72. The van der Waals surface area contributed by atoms with E-state index < -0.39 is 59.1 Å². The Morgan fingerprint density at radius 2 is 1.53 bits per heavy atom. The van der Waals surface area contributed by atoms with Gasteiger partial charge in [0, 0.05) is 12.5 Å². The van der Waals surface area contributed by atoms with Gasteiger partial charge in [-0.3, -0.25) is 24.0 Å². The molecule has 5 N–H and O–H groups in total. The molecule has 2 aliphatic rings. The molecule has 4 unspecified atom stereocenters. The van der Waals surface area contributed by atoms with E-state index in [0.29, 0.717) is 25.8 Å². The van der Waals surface area contributed by atoms with Crippen molar-refractivity contribution in [2.75, 3.05) is 6.54 Å². The molecule has 11 nitrogen and oxygen atoms in total. The van der Waals surface area contributed by atoms with Gasteiger partial charge in [0.2, 0.25) is 17.6 Å². The number of nitrogens with one attached hydrogen (secondary N) is 3. The fourth-order valence-electron chi connectivity index (χ4n) is 4.72.